The van der Waals surface area contributed by atoms with Crippen LogP contribution in [0.25, 0.3) is 0 Å². The molecule has 0 bridgehead atoms. The van der Waals surface area contributed by atoms with Crippen molar-refractivity contribution in [2.24, 2.45) is 11.8 Å². The van der Waals surface area contributed by atoms with E-state index in [-0.39, 0.29) is 23.8 Å². The van der Waals surface area contributed by atoms with Crippen LogP contribution in [0.5, 0.6) is 0 Å². The maximum Gasteiger partial charge on any atom is 0.308 e. The summed E-state index contributed by atoms with van der Waals surface area (Å²) < 4.78 is 10.0. The molecule has 5 heteroatoms. The second kappa shape index (κ2) is 6.73. The molecule has 0 aromatic carbocycles. The van der Waals surface area contributed by atoms with E-state index in [9.17, 15) is 14.7 Å². The Balaban J connectivity index is 2.64. The summed E-state index contributed by atoms with van der Waals surface area (Å²) >= 11 is 0. The van der Waals surface area contributed by atoms with E-state index in [4.69, 9.17) is 4.74 Å². The van der Waals surface area contributed by atoms with Gasteiger partial charge in [-0.2, -0.15) is 0 Å². The average molecular weight is 258 g/mol. The predicted octanol–water partition coefficient (Wildman–Crippen LogP) is 1.28. The van der Waals surface area contributed by atoms with E-state index >= 15 is 0 Å². The molecule has 1 rings (SSSR count). The number of hydrogen-bond acceptors (Lipinski definition) is 5. The van der Waals surface area contributed by atoms with Gasteiger partial charge in [-0.25, -0.2) is 0 Å². The molecule has 104 valence electrons. The van der Waals surface area contributed by atoms with Crippen LogP contribution in [0, 0.1) is 11.8 Å². The van der Waals surface area contributed by atoms with Crippen molar-refractivity contribution in [2.45, 2.75) is 51.7 Å². The molecule has 0 aromatic rings. The minimum atomic E-state index is -0.637. The Labute approximate surface area is 107 Å². The summed E-state index contributed by atoms with van der Waals surface area (Å²) in [6.45, 7) is 3.74. The van der Waals surface area contributed by atoms with Crippen molar-refractivity contribution in [3.05, 3.63) is 0 Å². The Bertz CT molecular complexity index is 302. The van der Waals surface area contributed by atoms with Gasteiger partial charge in [-0.05, 0) is 19.3 Å². The highest BCUT2D eigenvalue weighted by molar-refractivity contribution is 5.73. The van der Waals surface area contributed by atoms with Crippen LogP contribution in [0.4, 0.5) is 0 Å². The third kappa shape index (κ3) is 3.70. The summed E-state index contributed by atoms with van der Waals surface area (Å²) in [5.74, 6) is -1.16. The number of ether oxygens (including phenoxy) is 2. The summed E-state index contributed by atoms with van der Waals surface area (Å²) in [6, 6.07) is 0. The summed E-state index contributed by atoms with van der Waals surface area (Å²) in [5, 5.41) is 9.91. The fourth-order valence-electron chi connectivity index (χ4n) is 2.29. The van der Waals surface area contributed by atoms with Crippen LogP contribution < -0.4 is 0 Å². The maximum absolute atomic E-state index is 11.5. The van der Waals surface area contributed by atoms with Crippen molar-refractivity contribution >= 4 is 11.9 Å². The smallest absolute Gasteiger partial charge is 0.308 e. The van der Waals surface area contributed by atoms with Crippen molar-refractivity contribution in [3.63, 3.8) is 0 Å². The molecule has 1 aliphatic carbocycles. The van der Waals surface area contributed by atoms with Crippen molar-refractivity contribution in [1.29, 1.82) is 0 Å². The van der Waals surface area contributed by atoms with E-state index in [1.54, 1.807) is 0 Å². The molecule has 0 saturated heterocycles. The highest BCUT2D eigenvalue weighted by Crippen LogP contribution is 2.32. The van der Waals surface area contributed by atoms with Crippen LogP contribution in [-0.4, -0.2) is 36.4 Å². The molecule has 1 aliphatic rings. The van der Waals surface area contributed by atoms with Gasteiger partial charge in [0.1, 0.15) is 6.10 Å². The lowest BCUT2D eigenvalue weighted by molar-refractivity contribution is -0.165. The van der Waals surface area contributed by atoms with Gasteiger partial charge >= 0.3 is 11.9 Å². The Hall–Kier alpha value is -1.10. The Kier molecular flexibility index (Phi) is 5.59. The lowest BCUT2D eigenvalue weighted by Gasteiger charge is -2.36. The highest BCUT2D eigenvalue weighted by atomic mass is 16.5. The second-order valence-electron chi connectivity index (χ2n) is 4.90. The number of aliphatic hydroxyl groups is 1. The normalized spacial score (nSPS) is 31.8. The van der Waals surface area contributed by atoms with E-state index in [1.165, 1.54) is 7.11 Å². The van der Waals surface area contributed by atoms with Crippen LogP contribution in [0.3, 0.4) is 0 Å². The highest BCUT2D eigenvalue weighted by Gasteiger charge is 2.39. The standard InChI is InChI=1S/C13H22O5/c1-4-5-12(15)18-11-7-9(13(16)17-3)6-10(14)8(11)2/h8-11,14H,4-7H2,1-3H3/t8-,9+,10-,11+/m1/s1. The van der Waals surface area contributed by atoms with Gasteiger partial charge in [-0.15, -0.1) is 0 Å². The van der Waals surface area contributed by atoms with E-state index in [2.05, 4.69) is 4.74 Å². The van der Waals surface area contributed by atoms with Crippen molar-refractivity contribution in [1.82, 2.24) is 0 Å². The molecular formula is C13H22O5. The number of carbonyl (C=O) groups excluding carboxylic acids is 2. The molecule has 0 aliphatic heterocycles. The summed E-state index contributed by atoms with van der Waals surface area (Å²) in [7, 11) is 1.32. The zero-order valence-corrected chi connectivity index (χ0v) is 11.2. The van der Waals surface area contributed by atoms with Gasteiger partial charge in [0.2, 0.25) is 0 Å². The van der Waals surface area contributed by atoms with Gasteiger partial charge in [-0.3, -0.25) is 9.59 Å². The number of hydrogen-bond donors (Lipinski definition) is 1. The van der Waals surface area contributed by atoms with Crippen LogP contribution in [0.15, 0.2) is 0 Å². The van der Waals surface area contributed by atoms with E-state index in [0.717, 1.165) is 6.42 Å². The lowest BCUT2D eigenvalue weighted by Crippen LogP contribution is -2.43. The van der Waals surface area contributed by atoms with Crippen LogP contribution >= 0.6 is 0 Å². The van der Waals surface area contributed by atoms with Crippen LogP contribution in [-0.2, 0) is 19.1 Å². The molecular weight excluding hydrogens is 236 g/mol. The van der Waals surface area contributed by atoms with E-state index < -0.39 is 12.2 Å². The van der Waals surface area contributed by atoms with Gasteiger partial charge in [-0.1, -0.05) is 13.8 Å². The first kappa shape index (κ1) is 15.0. The predicted molar refractivity (Wildman–Crippen MR) is 64.7 cm³/mol. The number of methoxy groups -OCH3 is 1. The molecule has 18 heavy (non-hydrogen) atoms. The topological polar surface area (TPSA) is 72.8 Å². The molecule has 0 unspecified atom stereocenters. The van der Waals surface area contributed by atoms with Crippen molar-refractivity contribution < 1.29 is 24.2 Å². The minimum absolute atomic E-state index is 0.147. The van der Waals surface area contributed by atoms with Gasteiger partial charge in [0.25, 0.3) is 0 Å². The maximum atomic E-state index is 11.5. The molecule has 1 saturated carbocycles. The molecule has 0 radical (unpaired) electrons. The van der Waals surface area contributed by atoms with E-state index in [1.807, 2.05) is 13.8 Å². The average Bonchev–Trinajstić information content (AvgIpc) is 2.34. The van der Waals surface area contributed by atoms with Crippen LogP contribution in [0.2, 0.25) is 0 Å². The van der Waals surface area contributed by atoms with Gasteiger partial charge in [0, 0.05) is 12.3 Å². The first-order valence-electron chi connectivity index (χ1n) is 6.44. The quantitative estimate of drug-likeness (QED) is 0.769. The Morgan fingerprint density at radius 3 is 2.56 bits per heavy atom. The number of carbonyl (C=O) groups is 2. The largest absolute Gasteiger partial charge is 0.469 e. The second-order valence-corrected chi connectivity index (χ2v) is 4.90. The third-order valence-corrected chi connectivity index (χ3v) is 3.51. The first-order chi connectivity index (χ1) is 8.49. The lowest BCUT2D eigenvalue weighted by atomic mass is 9.78. The SMILES string of the molecule is CCCC(=O)O[C@H]1C[C@@H](C(=O)OC)C[C@@H](O)[C@H]1C. The van der Waals surface area contributed by atoms with Gasteiger partial charge in [0.15, 0.2) is 0 Å². The number of rotatable bonds is 4. The van der Waals surface area contributed by atoms with Gasteiger partial charge in [0.05, 0.1) is 19.1 Å². The Morgan fingerprint density at radius 2 is 2.00 bits per heavy atom. The summed E-state index contributed by atoms with van der Waals surface area (Å²) in [4.78, 5) is 23.0. The number of aliphatic hydroxyl groups excluding tert-OH is 1. The zero-order valence-electron chi connectivity index (χ0n) is 11.2. The molecule has 4 atom stereocenters. The molecule has 0 spiro atoms. The molecule has 5 nitrogen and oxygen atoms in total. The Morgan fingerprint density at radius 1 is 1.33 bits per heavy atom. The molecule has 1 N–H and O–H groups in total. The molecule has 0 amide bonds. The summed E-state index contributed by atoms with van der Waals surface area (Å²) in [6.07, 6.45) is 0.848. The monoisotopic (exact) mass is 258 g/mol. The van der Waals surface area contributed by atoms with Crippen molar-refractivity contribution in [2.75, 3.05) is 7.11 Å². The van der Waals surface area contributed by atoms with E-state index in [0.29, 0.717) is 19.3 Å². The zero-order chi connectivity index (χ0) is 13.7. The molecule has 1 fully saturated rings. The van der Waals surface area contributed by atoms with Crippen LogP contribution in [0.1, 0.15) is 39.5 Å². The third-order valence-electron chi connectivity index (χ3n) is 3.51. The minimum Gasteiger partial charge on any atom is -0.469 e. The van der Waals surface area contributed by atoms with Crippen molar-refractivity contribution in [3.8, 4) is 0 Å². The molecule has 0 aromatic heterocycles. The summed E-state index contributed by atoms with van der Waals surface area (Å²) in [5.41, 5.74) is 0. The fourth-order valence-corrected chi connectivity index (χ4v) is 2.29. The van der Waals surface area contributed by atoms with Gasteiger partial charge < -0.3 is 14.6 Å². The molecule has 0 heterocycles. The number of esters is 2. The fraction of sp³-hybridized carbons (Fsp3) is 0.846. The first-order valence-corrected chi connectivity index (χ1v) is 6.44.